The maximum atomic E-state index is 13.3. The number of nitrogens with zero attached hydrogens (tertiary/aromatic N) is 1. The lowest BCUT2D eigenvalue weighted by Crippen LogP contribution is -3.07. The SMILES string of the molecule is CCCCC[C@H](C(=O)CCc1ccc(O)c(OC[NH+]2C=C3N=CC(Cc4cccc(C(N)N)c4)=C3C2)c1)[C@H](O)C[C@H](O)CCC. The van der Waals surface area contributed by atoms with E-state index in [2.05, 4.69) is 18.0 Å². The Morgan fingerprint density at radius 3 is 2.62 bits per heavy atom. The van der Waals surface area contributed by atoms with Gasteiger partial charge in [0.25, 0.3) is 0 Å². The van der Waals surface area contributed by atoms with Gasteiger partial charge in [-0.25, -0.2) is 0 Å². The van der Waals surface area contributed by atoms with Crippen LogP contribution in [0.1, 0.15) is 88.1 Å². The number of aromatic hydroxyl groups is 1. The molecule has 1 unspecified atom stereocenters. The first-order chi connectivity index (χ1) is 21.7. The van der Waals surface area contributed by atoms with E-state index in [0.29, 0.717) is 31.7 Å². The second-order valence-corrected chi connectivity index (χ2v) is 12.5. The Hall–Kier alpha value is -3.34. The summed E-state index contributed by atoms with van der Waals surface area (Å²) < 4.78 is 6.06. The minimum atomic E-state index is -0.846. The van der Waals surface area contributed by atoms with Crippen LogP contribution in [0.25, 0.3) is 0 Å². The number of fused-ring (bicyclic) bond motifs is 1. The van der Waals surface area contributed by atoms with E-state index in [9.17, 15) is 20.1 Å². The van der Waals surface area contributed by atoms with Crippen LogP contribution in [0.5, 0.6) is 11.5 Å². The molecule has 9 nitrogen and oxygen atoms in total. The van der Waals surface area contributed by atoms with Crippen molar-refractivity contribution in [3.8, 4) is 11.5 Å². The van der Waals surface area contributed by atoms with Crippen LogP contribution in [0.4, 0.5) is 0 Å². The number of aliphatic hydroxyl groups is 2. The molecule has 2 heterocycles. The lowest BCUT2D eigenvalue weighted by molar-refractivity contribution is -0.855. The number of carbonyl (C=O) groups is 1. The summed E-state index contributed by atoms with van der Waals surface area (Å²) >= 11 is 0. The number of phenols is 1. The van der Waals surface area contributed by atoms with E-state index in [-0.39, 0.29) is 24.4 Å². The number of quaternary nitrogens is 1. The summed E-state index contributed by atoms with van der Waals surface area (Å²) in [6, 6.07) is 13.2. The predicted molar refractivity (Wildman–Crippen MR) is 177 cm³/mol. The van der Waals surface area contributed by atoms with Crippen molar-refractivity contribution in [3.63, 3.8) is 0 Å². The molecular formula is C36H51N4O5+. The van der Waals surface area contributed by atoms with Gasteiger partial charge in [-0.1, -0.05) is 69.9 Å². The third-order valence-corrected chi connectivity index (χ3v) is 8.76. The van der Waals surface area contributed by atoms with Crippen LogP contribution >= 0.6 is 0 Å². The topological polar surface area (TPSA) is 156 Å². The zero-order valence-corrected chi connectivity index (χ0v) is 26.8. The van der Waals surface area contributed by atoms with Gasteiger partial charge in [-0.15, -0.1) is 0 Å². The van der Waals surface area contributed by atoms with Crippen molar-refractivity contribution in [2.75, 3.05) is 13.3 Å². The van der Waals surface area contributed by atoms with E-state index < -0.39 is 24.3 Å². The van der Waals surface area contributed by atoms with Gasteiger partial charge in [0.1, 0.15) is 24.2 Å². The predicted octanol–water partition coefficient (Wildman–Crippen LogP) is 3.62. The number of aliphatic imine (C=N–C) groups is 1. The highest BCUT2D eigenvalue weighted by Gasteiger charge is 2.30. The van der Waals surface area contributed by atoms with Gasteiger partial charge < -0.3 is 31.5 Å². The van der Waals surface area contributed by atoms with Crippen molar-refractivity contribution in [2.45, 2.75) is 96.4 Å². The Morgan fingerprint density at radius 2 is 1.87 bits per heavy atom. The summed E-state index contributed by atoms with van der Waals surface area (Å²) in [5.41, 5.74) is 17.9. The first-order valence-corrected chi connectivity index (χ1v) is 16.4. The molecule has 0 aliphatic carbocycles. The molecule has 4 rings (SSSR count). The standard InChI is InChI=1S/C36H50N4O5/c1-3-5-6-11-29(34(44)19-28(41)8-4-2)32(42)14-12-24-13-15-33(43)35(18-24)45-23-40-21-30-27(20-39-31(30)22-40)17-25-9-7-10-26(16-25)36(37)38/h7,9-10,13,15-16,18,20,22,28-29,34,36,41,43-44H,3-6,8,11-12,14,17,19,21,23,37-38H2,1-2H3/p+1/t28-,29-,34-/m1/s1. The molecule has 0 spiro atoms. The number of nitrogens with one attached hydrogen (secondary N) is 1. The zero-order valence-electron chi connectivity index (χ0n) is 26.8. The number of carbonyl (C=O) groups excluding carboxylic acids is 1. The van der Waals surface area contributed by atoms with Gasteiger partial charge in [0.2, 0.25) is 6.73 Å². The third kappa shape index (κ3) is 9.82. The molecule has 9 heteroatoms. The van der Waals surface area contributed by atoms with Crippen molar-refractivity contribution in [2.24, 2.45) is 22.4 Å². The van der Waals surface area contributed by atoms with E-state index in [1.165, 1.54) is 5.57 Å². The van der Waals surface area contributed by atoms with E-state index >= 15 is 0 Å². The molecule has 2 aromatic carbocycles. The van der Waals surface area contributed by atoms with Crippen molar-refractivity contribution in [1.29, 1.82) is 0 Å². The Bertz CT molecular complexity index is 1390. The number of nitrogens with two attached hydrogens (primary N) is 2. The molecule has 0 amide bonds. The number of rotatable bonds is 19. The van der Waals surface area contributed by atoms with E-state index in [0.717, 1.165) is 71.5 Å². The Morgan fingerprint density at radius 1 is 1.04 bits per heavy atom. The van der Waals surface area contributed by atoms with E-state index in [1.807, 2.05) is 37.5 Å². The second-order valence-electron chi connectivity index (χ2n) is 12.5. The summed E-state index contributed by atoms with van der Waals surface area (Å²) in [6.07, 6.45) is 8.72. The zero-order chi connectivity index (χ0) is 32.3. The van der Waals surface area contributed by atoms with Crippen molar-refractivity contribution < 1.29 is 29.8 Å². The van der Waals surface area contributed by atoms with Gasteiger partial charge in [0, 0.05) is 24.1 Å². The molecule has 2 aliphatic rings. The van der Waals surface area contributed by atoms with Crippen LogP contribution in [0.15, 0.2) is 70.5 Å². The summed E-state index contributed by atoms with van der Waals surface area (Å²) in [6.45, 7) is 5.15. The van der Waals surface area contributed by atoms with Crippen molar-refractivity contribution in [3.05, 3.63) is 82.2 Å². The first-order valence-electron chi connectivity index (χ1n) is 16.4. The highest BCUT2D eigenvalue weighted by Crippen LogP contribution is 2.29. The fourth-order valence-corrected chi connectivity index (χ4v) is 6.17. The molecule has 8 N–H and O–H groups in total. The van der Waals surface area contributed by atoms with Crippen molar-refractivity contribution in [1.82, 2.24) is 0 Å². The molecule has 4 atom stereocenters. The molecule has 2 aliphatic heterocycles. The largest absolute Gasteiger partial charge is 0.504 e. The quantitative estimate of drug-likeness (QED) is 0.104. The van der Waals surface area contributed by atoms with Gasteiger partial charge in [-0.3, -0.25) is 14.7 Å². The number of hydrogen-bond acceptors (Lipinski definition) is 8. The molecule has 0 radical (unpaired) electrons. The minimum absolute atomic E-state index is 0.0137. The number of phenolic OH excluding ortho intramolecular Hbond substituents is 1. The van der Waals surface area contributed by atoms with Crippen LogP contribution in [0, 0.1) is 5.92 Å². The Kier molecular flexibility index (Phi) is 12.9. The van der Waals surface area contributed by atoms with E-state index in [1.54, 1.807) is 18.2 Å². The van der Waals surface area contributed by atoms with Crippen LogP contribution in [0.3, 0.4) is 0 Å². The number of aliphatic hydroxyl groups excluding tert-OH is 2. The highest BCUT2D eigenvalue weighted by molar-refractivity contribution is 5.87. The lowest BCUT2D eigenvalue weighted by atomic mass is 9.85. The number of allylic oxidation sites excluding steroid dienone is 1. The number of ketones is 1. The number of aryl methyl sites for hydroxylation is 1. The molecule has 45 heavy (non-hydrogen) atoms. The van der Waals surface area contributed by atoms with Crippen LogP contribution in [-0.2, 0) is 17.6 Å². The first kappa shape index (κ1) is 34.5. The molecule has 0 fully saturated rings. The Labute approximate surface area is 267 Å². The molecule has 0 saturated heterocycles. The second kappa shape index (κ2) is 16.8. The van der Waals surface area contributed by atoms with Gasteiger partial charge in [0.05, 0.1) is 18.4 Å². The monoisotopic (exact) mass is 619 g/mol. The summed E-state index contributed by atoms with van der Waals surface area (Å²) in [7, 11) is 0. The van der Waals surface area contributed by atoms with E-state index in [4.69, 9.17) is 16.2 Å². The van der Waals surface area contributed by atoms with Crippen LogP contribution in [0.2, 0.25) is 0 Å². The third-order valence-electron chi connectivity index (χ3n) is 8.76. The highest BCUT2D eigenvalue weighted by atomic mass is 16.5. The van der Waals surface area contributed by atoms with Crippen LogP contribution in [-0.4, -0.2) is 52.8 Å². The normalized spacial score (nSPS) is 17.8. The summed E-state index contributed by atoms with van der Waals surface area (Å²) in [5.74, 6) is -0.0473. The molecular weight excluding hydrogens is 568 g/mol. The number of benzene rings is 2. The summed E-state index contributed by atoms with van der Waals surface area (Å²) in [4.78, 5) is 18.9. The lowest BCUT2D eigenvalue weighted by Gasteiger charge is -2.24. The average Bonchev–Trinajstić information content (AvgIpc) is 3.59. The Balaban J connectivity index is 1.33. The molecule has 2 aromatic rings. The van der Waals surface area contributed by atoms with Gasteiger partial charge in [-0.2, -0.15) is 0 Å². The molecule has 0 aromatic heterocycles. The van der Waals surface area contributed by atoms with Gasteiger partial charge >= 0.3 is 0 Å². The van der Waals surface area contributed by atoms with Gasteiger partial charge in [-0.05, 0) is 66.5 Å². The molecule has 244 valence electrons. The molecule has 0 saturated carbocycles. The number of ether oxygens (including phenoxy) is 1. The fourth-order valence-electron chi connectivity index (χ4n) is 6.17. The van der Waals surface area contributed by atoms with Crippen LogP contribution < -0.4 is 21.1 Å². The fraction of sp³-hybridized carbons (Fsp3) is 0.500. The number of hydrogen-bond donors (Lipinski definition) is 6. The summed E-state index contributed by atoms with van der Waals surface area (Å²) in [5, 5.41) is 31.6. The number of Topliss-reactive ketones (excluding diaryl/α,β-unsaturated/α-hetero) is 1. The minimum Gasteiger partial charge on any atom is -0.504 e. The maximum Gasteiger partial charge on any atom is 0.227 e. The molecule has 0 bridgehead atoms. The smallest absolute Gasteiger partial charge is 0.227 e. The number of unbranched alkanes of at least 4 members (excludes halogenated alkanes) is 2. The maximum absolute atomic E-state index is 13.3. The van der Waals surface area contributed by atoms with Gasteiger partial charge in [0.15, 0.2) is 11.5 Å². The average molecular weight is 620 g/mol. The van der Waals surface area contributed by atoms with Crippen molar-refractivity contribution >= 4 is 12.0 Å².